The molecule has 2 heterocycles. The van der Waals surface area contributed by atoms with E-state index in [4.69, 9.17) is 5.84 Å². The molecule has 0 aliphatic heterocycles. The summed E-state index contributed by atoms with van der Waals surface area (Å²) in [6.45, 7) is 1.03. The highest BCUT2D eigenvalue weighted by Gasteiger charge is 2.13. The molecule has 0 saturated heterocycles. The molecule has 2 aromatic rings. The van der Waals surface area contributed by atoms with E-state index in [9.17, 15) is 9.59 Å². The van der Waals surface area contributed by atoms with Gasteiger partial charge in [-0.15, -0.1) is 0 Å². The lowest BCUT2D eigenvalue weighted by Gasteiger charge is -2.05. The first-order chi connectivity index (χ1) is 8.07. The molecule has 0 radical (unpaired) electrons. The molecule has 0 atom stereocenters. The number of aromatic nitrogens is 4. The number of hydrogen-bond acceptors (Lipinski definition) is 5. The molecule has 0 spiro atoms. The van der Waals surface area contributed by atoms with Gasteiger partial charge in [0.25, 0.3) is 5.56 Å². The molecular weight excluding hydrogens is 224 g/mol. The van der Waals surface area contributed by atoms with Gasteiger partial charge in [-0.05, 0) is 0 Å². The standard InChI is InChI=1S/C9H14N6O2/c1-13-7-6(8(16)14(2)9(13)17)15(5-11-7)4-3-12-10/h5,12H,3-4,10H2,1-2H3. The van der Waals surface area contributed by atoms with Crippen LogP contribution in [0.1, 0.15) is 0 Å². The van der Waals surface area contributed by atoms with Gasteiger partial charge in [-0.1, -0.05) is 0 Å². The third kappa shape index (κ3) is 1.67. The quantitative estimate of drug-likeness (QED) is 0.471. The van der Waals surface area contributed by atoms with Crippen LogP contribution in [-0.4, -0.2) is 25.2 Å². The molecule has 0 fully saturated rings. The van der Waals surface area contributed by atoms with Crippen molar-refractivity contribution in [1.82, 2.24) is 24.1 Å². The topological polar surface area (TPSA) is 99.9 Å². The normalized spacial score (nSPS) is 11.2. The number of nitrogens with two attached hydrogens (primary N) is 1. The Kier molecular flexibility index (Phi) is 2.82. The van der Waals surface area contributed by atoms with Gasteiger partial charge >= 0.3 is 5.69 Å². The van der Waals surface area contributed by atoms with Crippen molar-refractivity contribution in [3.8, 4) is 0 Å². The van der Waals surface area contributed by atoms with Crippen LogP contribution >= 0.6 is 0 Å². The summed E-state index contributed by atoms with van der Waals surface area (Å²) in [5, 5.41) is 0. The predicted octanol–water partition coefficient (Wildman–Crippen LogP) is -2.10. The van der Waals surface area contributed by atoms with Crippen molar-refractivity contribution >= 4 is 11.2 Å². The van der Waals surface area contributed by atoms with Gasteiger partial charge < -0.3 is 4.57 Å². The van der Waals surface area contributed by atoms with Gasteiger partial charge in [0, 0.05) is 27.2 Å². The second-order valence-corrected chi connectivity index (χ2v) is 3.77. The summed E-state index contributed by atoms with van der Waals surface area (Å²) in [5.74, 6) is 5.19. The molecule has 92 valence electrons. The second-order valence-electron chi connectivity index (χ2n) is 3.77. The molecule has 0 saturated carbocycles. The van der Waals surface area contributed by atoms with E-state index < -0.39 is 0 Å². The first-order valence-electron chi connectivity index (χ1n) is 5.12. The van der Waals surface area contributed by atoms with Gasteiger partial charge in [0.15, 0.2) is 11.2 Å². The minimum absolute atomic E-state index is 0.349. The van der Waals surface area contributed by atoms with E-state index in [0.29, 0.717) is 24.3 Å². The highest BCUT2D eigenvalue weighted by molar-refractivity contribution is 5.69. The Bertz CT molecular complexity index is 664. The molecule has 0 bridgehead atoms. The number of fused-ring (bicyclic) bond motifs is 1. The minimum Gasteiger partial charge on any atom is -0.323 e. The van der Waals surface area contributed by atoms with E-state index >= 15 is 0 Å². The average molecular weight is 238 g/mol. The summed E-state index contributed by atoms with van der Waals surface area (Å²) >= 11 is 0. The highest BCUT2D eigenvalue weighted by Crippen LogP contribution is 2.04. The molecule has 0 unspecified atom stereocenters. The molecule has 2 aromatic heterocycles. The number of imidazole rings is 1. The number of aryl methyl sites for hydroxylation is 1. The average Bonchev–Trinajstić information content (AvgIpc) is 2.75. The van der Waals surface area contributed by atoms with Gasteiger partial charge in [0.1, 0.15) is 0 Å². The highest BCUT2D eigenvalue weighted by atomic mass is 16.2. The Balaban J connectivity index is 2.77. The molecule has 0 aromatic carbocycles. The van der Waals surface area contributed by atoms with Crippen LogP contribution in [0.4, 0.5) is 0 Å². The van der Waals surface area contributed by atoms with E-state index in [1.807, 2.05) is 0 Å². The molecule has 8 nitrogen and oxygen atoms in total. The maximum Gasteiger partial charge on any atom is 0.332 e. The fourth-order valence-corrected chi connectivity index (χ4v) is 1.75. The van der Waals surface area contributed by atoms with Crippen molar-refractivity contribution in [2.75, 3.05) is 6.54 Å². The summed E-state index contributed by atoms with van der Waals surface area (Å²) in [4.78, 5) is 27.7. The zero-order valence-corrected chi connectivity index (χ0v) is 9.67. The van der Waals surface area contributed by atoms with Crippen LogP contribution in [0.2, 0.25) is 0 Å². The summed E-state index contributed by atoms with van der Waals surface area (Å²) in [6, 6.07) is 0. The first kappa shape index (κ1) is 11.6. The van der Waals surface area contributed by atoms with Crippen LogP contribution in [0.25, 0.3) is 11.2 Å². The van der Waals surface area contributed by atoms with Gasteiger partial charge in [0.2, 0.25) is 0 Å². The monoisotopic (exact) mass is 238 g/mol. The minimum atomic E-state index is -0.385. The number of hydrazine groups is 1. The van der Waals surface area contributed by atoms with Crippen molar-refractivity contribution in [1.29, 1.82) is 0 Å². The molecule has 0 aliphatic carbocycles. The Labute approximate surface area is 96.3 Å². The van der Waals surface area contributed by atoms with Gasteiger partial charge in [0.05, 0.1) is 6.33 Å². The lowest BCUT2D eigenvalue weighted by Crippen LogP contribution is -2.38. The Morgan fingerprint density at radius 1 is 1.35 bits per heavy atom. The zero-order valence-electron chi connectivity index (χ0n) is 9.67. The molecular formula is C9H14N6O2. The smallest absolute Gasteiger partial charge is 0.323 e. The predicted molar refractivity (Wildman–Crippen MR) is 62.4 cm³/mol. The molecule has 17 heavy (non-hydrogen) atoms. The van der Waals surface area contributed by atoms with Gasteiger partial charge in [-0.2, -0.15) is 0 Å². The lowest BCUT2D eigenvalue weighted by atomic mass is 10.5. The lowest BCUT2D eigenvalue weighted by molar-refractivity contribution is 0.622. The van der Waals surface area contributed by atoms with Crippen molar-refractivity contribution in [2.24, 2.45) is 19.9 Å². The Hall–Kier alpha value is -1.93. The zero-order chi connectivity index (χ0) is 12.6. The van der Waals surface area contributed by atoms with Crippen LogP contribution in [-0.2, 0) is 20.6 Å². The summed E-state index contributed by atoms with van der Waals surface area (Å²) < 4.78 is 4.09. The number of nitrogens with one attached hydrogen (secondary N) is 1. The fraction of sp³-hybridized carbons (Fsp3) is 0.444. The fourth-order valence-electron chi connectivity index (χ4n) is 1.75. The summed E-state index contributed by atoms with van der Waals surface area (Å²) in [5.41, 5.74) is 2.56. The van der Waals surface area contributed by atoms with Crippen LogP contribution in [0.5, 0.6) is 0 Å². The molecule has 0 aliphatic rings. The van der Waals surface area contributed by atoms with Gasteiger partial charge in [-0.25, -0.2) is 9.78 Å². The number of nitrogens with zero attached hydrogens (tertiary/aromatic N) is 4. The Morgan fingerprint density at radius 2 is 2.06 bits per heavy atom. The third-order valence-corrected chi connectivity index (χ3v) is 2.71. The van der Waals surface area contributed by atoms with E-state index in [0.717, 1.165) is 4.57 Å². The Morgan fingerprint density at radius 3 is 2.71 bits per heavy atom. The first-order valence-corrected chi connectivity index (χ1v) is 5.12. The van der Waals surface area contributed by atoms with Crippen LogP contribution in [0.15, 0.2) is 15.9 Å². The van der Waals surface area contributed by atoms with E-state index in [1.165, 1.54) is 17.9 Å². The molecule has 8 heteroatoms. The van der Waals surface area contributed by atoms with Crippen LogP contribution in [0, 0.1) is 0 Å². The summed E-state index contributed by atoms with van der Waals surface area (Å²) in [6.07, 6.45) is 1.53. The SMILES string of the molecule is Cn1c(=O)c2c(ncn2CCNN)n(C)c1=O. The molecule has 2 rings (SSSR count). The van der Waals surface area contributed by atoms with Crippen LogP contribution < -0.4 is 22.5 Å². The van der Waals surface area contributed by atoms with Crippen molar-refractivity contribution < 1.29 is 0 Å². The van der Waals surface area contributed by atoms with Crippen LogP contribution in [0.3, 0.4) is 0 Å². The van der Waals surface area contributed by atoms with Crippen molar-refractivity contribution in [3.05, 3.63) is 27.2 Å². The summed E-state index contributed by atoms with van der Waals surface area (Å²) in [7, 11) is 3.03. The second kappa shape index (κ2) is 4.15. The maximum atomic E-state index is 12.0. The molecule has 0 amide bonds. The number of hydrogen-bond donors (Lipinski definition) is 2. The van der Waals surface area contributed by atoms with Crippen molar-refractivity contribution in [2.45, 2.75) is 6.54 Å². The molecule has 3 N–H and O–H groups in total. The van der Waals surface area contributed by atoms with E-state index in [1.54, 1.807) is 11.6 Å². The van der Waals surface area contributed by atoms with E-state index in [2.05, 4.69) is 10.4 Å². The largest absolute Gasteiger partial charge is 0.332 e. The van der Waals surface area contributed by atoms with Crippen molar-refractivity contribution in [3.63, 3.8) is 0 Å². The van der Waals surface area contributed by atoms with E-state index in [-0.39, 0.29) is 11.2 Å². The van der Waals surface area contributed by atoms with Gasteiger partial charge in [-0.3, -0.25) is 25.2 Å². The third-order valence-electron chi connectivity index (χ3n) is 2.71. The number of rotatable bonds is 3. The maximum absolute atomic E-state index is 12.0.